The Morgan fingerprint density at radius 3 is 2.87 bits per heavy atom. The molecular formula is C11H15ClN2O. The molecule has 0 bridgehead atoms. The first-order valence-corrected chi connectivity index (χ1v) is 5.74. The van der Waals surface area contributed by atoms with Gasteiger partial charge in [0.2, 0.25) is 0 Å². The van der Waals surface area contributed by atoms with Crippen LogP contribution in [0.25, 0.3) is 0 Å². The third-order valence-electron chi connectivity index (χ3n) is 2.76. The average molecular weight is 227 g/mol. The van der Waals surface area contributed by atoms with Crippen molar-refractivity contribution in [3.05, 3.63) is 22.2 Å². The van der Waals surface area contributed by atoms with Crippen molar-refractivity contribution in [2.45, 2.75) is 39.2 Å². The van der Waals surface area contributed by atoms with Crippen molar-refractivity contribution in [1.29, 1.82) is 0 Å². The number of aryl methyl sites for hydroxylation is 1. The lowest BCUT2D eigenvalue weighted by Crippen LogP contribution is -2.07. The van der Waals surface area contributed by atoms with E-state index in [1.807, 2.05) is 6.92 Å². The fourth-order valence-corrected chi connectivity index (χ4v) is 2.02. The van der Waals surface area contributed by atoms with Crippen molar-refractivity contribution in [3.8, 4) is 0 Å². The summed E-state index contributed by atoms with van der Waals surface area (Å²) in [6, 6.07) is 0. The van der Waals surface area contributed by atoms with Crippen LogP contribution in [0.5, 0.6) is 0 Å². The Morgan fingerprint density at radius 2 is 2.27 bits per heavy atom. The number of halogens is 1. The van der Waals surface area contributed by atoms with Gasteiger partial charge in [-0.15, -0.1) is 0 Å². The van der Waals surface area contributed by atoms with Crippen molar-refractivity contribution in [3.63, 3.8) is 0 Å². The van der Waals surface area contributed by atoms with E-state index >= 15 is 0 Å². The van der Waals surface area contributed by atoms with Crippen molar-refractivity contribution < 1.29 is 4.74 Å². The molecule has 0 spiro atoms. The normalized spacial score (nSPS) is 20.9. The summed E-state index contributed by atoms with van der Waals surface area (Å²) in [5.41, 5.74) is 2.02. The van der Waals surface area contributed by atoms with Gasteiger partial charge in [0.1, 0.15) is 11.3 Å². The standard InChI is InChI=1S/C11H15ClN2O/c1-3-8-7(2)10(12)14-11(13-8)9-5-4-6-15-9/h9H,3-6H2,1-2H3. The highest BCUT2D eigenvalue weighted by Crippen LogP contribution is 2.28. The highest BCUT2D eigenvalue weighted by molar-refractivity contribution is 6.30. The van der Waals surface area contributed by atoms with Crippen LogP contribution in [-0.2, 0) is 11.2 Å². The van der Waals surface area contributed by atoms with Crippen LogP contribution in [0.4, 0.5) is 0 Å². The van der Waals surface area contributed by atoms with Gasteiger partial charge in [-0.2, -0.15) is 0 Å². The molecule has 3 nitrogen and oxygen atoms in total. The fraction of sp³-hybridized carbons (Fsp3) is 0.636. The molecule has 1 aromatic heterocycles. The second-order valence-electron chi connectivity index (χ2n) is 3.80. The number of ether oxygens (including phenoxy) is 1. The van der Waals surface area contributed by atoms with Crippen LogP contribution < -0.4 is 0 Å². The molecule has 1 aliphatic heterocycles. The number of aromatic nitrogens is 2. The summed E-state index contributed by atoms with van der Waals surface area (Å²) in [5.74, 6) is 0.750. The Balaban J connectivity index is 2.35. The number of nitrogens with zero attached hydrogens (tertiary/aromatic N) is 2. The number of hydrogen-bond donors (Lipinski definition) is 0. The zero-order chi connectivity index (χ0) is 10.8. The van der Waals surface area contributed by atoms with Gasteiger partial charge in [0.25, 0.3) is 0 Å². The maximum Gasteiger partial charge on any atom is 0.159 e. The molecule has 0 aliphatic carbocycles. The van der Waals surface area contributed by atoms with Crippen molar-refractivity contribution >= 4 is 11.6 Å². The minimum Gasteiger partial charge on any atom is -0.370 e. The summed E-state index contributed by atoms with van der Waals surface area (Å²) >= 11 is 6.07. The van der Waals surface area contributed by atoms with Crippen molar-refractivity contribution in [1.82, 2.24) is 9.97 Å². The Kier molecular flexibility index (Phi) is 3.22. The predicted molar refractivity (Wildman–Crippen MR) is 59.1 cm³/mol. The van der Waals surface area contributed by atoms with Gasteiger partial charge in [0.15, 0.2) is 5.82 Å². The second kappa shape index (κ2) is 4.45. The summed E-state index contributed by atoms with van der Waals surface area (Å²) in [5, 5.41) is 0.562. The van der Waals surface area contributed by atoms with E-state index in [4.69, 9.17) is 16.3 Å². The second-order valence-corrected chi connectivity index (χ2v) is 4.16. The van der Waals surface area contributed by atoms with Crippen LogP contribution in [0.15, 0.2) is 0 Å². The molecule has 1 unspecified atom stereocenters. The molecule has 82 valence electrons. The van der Waals surface area contributed by atoms with E-state index in [1.165, 1.54) is 0 Å². The van der Waals surface area contributed by atoms with Gasteiger partial charge in [-0.1, -0.05) is 18.5 Å². The molecule has 0 N–H and O–H groups in total. The Labute approximate surface area is 94.8 Å². The van der Waals surface area contributed by atoms with Crippen LogP contribution >= 0.6 is 11.6 Å². The first-order valence-electron chi connectivity index (χ1n) is 5.37. The van der Waals surface area contributed by atoms with Gasteiger partial charge in [0.05, 0.1) is 0 Å². The molecule has 0 saturated carbocycles. The molecule has 2 rings (SSSR count). The van der Waals surface area contributed by atoms with E-state index in [1.54, 1.807) is 0 Å². The van der Waals surface area contributed by atoms with Gasteiger partial charge >= 0.3 is 0 Å². The average Bonchev–Trinajstić information content (AvgIpc) is 2.75. The summed E-state index contributed by atoms with van der Waals surface area (Å²) < 4.78 is 5.55. The number of hydrogen-bond acceptors (Lipinski definition) is 3. The predicted octanol–water partition coefficient (Wildman–Crippen LogP) is 2.85. The van der Waals surface area contributed by atoms with Crippen LogP contribution in [0, 0.1) is 6.92 Å². The molecule has 2 heterocycles. The summed E-state index contributed by atoms with van der Waals surface area (Å²) in [4.78, 5) is 8.81. The number of rotatable bonds is 2. The largest absolute Gasteiger partial charge is 0.370 e. The van der Waals surface area contributed by atoms with Gasteiger partial charge in [0, 0.05) is 17.9 Å². The van der Waals surface area contributed by atoms with E-state index in [9.17, 15) is 0 Å². The van der Waals surface area contributed by atoms with Crippen molar-refractivity contribution in [2.75, 3.05) is 6.61 Å². The van der Waals surface area contributed by atoms with E-state index < -0.39 is 0 Å². The zero-order valence-corrected chi connectivity index (χ0v) is 9.84. The maximum atomic E-state index is 6.07. The summed E-state index contributed by atoms with van der Waals surface area (Å²) in [6.45, 7) is 4.84. The Bertz CT molecular complexity index is 362. The SMILES string of the molecule is CCc1nc(C2CCCO2)nc(Cl)c1C. The molecule has 0 radical (unpaired) electrons. The molecule has 0 aromatic carbocycles. The first kappa shape index (κ1) is 10.8. The van der Waals surface area contributed by atoms with E-state index in [0.717, 1.165) is 43.0 Å². The van der Waals surface area contributed by atoms with Crippen LogP contribution in [0.1, 0.15) is 43.0 Å². The molecule has 0 amide bonds. The van der Waals surface area contributed by atoms with Gasteiger partial charge in [-0.05, 0) is 26.2 Å². The third-order valence-corrected chi connectivity index (χ3v) is 3.13. The van der Waals surface area contributed by atoms with E-state index in [-0.39, 0.29) is 6.10 Å². The quantitative estimate of drug-likeness (QED) is 0.728. The van der Waals surface area contributed by atoms with Gasteiger partial charge in [-0.3, -0.25) is 0 Å². The van der Waals surface area contributed by atoms with Crippen LogP contribution in [0.3, 0.4) is 0 Å². The maximum absolute atomic E-state index is 6.07. The Morgan fingerprint density at radius 1 is 1.47 bits per heavy atom. The molecular weight excluding hydrogens is 212 g/mol. The molecule has 4 heteroatoms. The first-order chi connectivity index (χ1) is 7.22. The highest BCUT2D eigenvalue weighted by atomic mass is 35.5. The minimum atomic E-state index is 0.0494. The lowest BCUT2D eigenvalue weighted by atomic mass is 10.2. The minimum absolute atomic E-state index is 0.0494. The molecule has 1 atom stereocenters. The Hall–Kier alpha value is -0.670. The molecule has 15 heavy (non-hydrogen) atoms. The van der Waals surface area contributed by atoms with Crippen molar-refractivity contribution in [2.24, 2.45) is 0 Å². The molecule has 1 aliphatic rings. The fourth-order valence-electron chi connectivity index (χ4n) is 1.82. The summed E-state index contributed by atoms with van der Waals surface area (Å²) in [6.07, 6.45) is 3.02. The van der Waals surface area contributed by atoms with Crippen LogP contribution in [-0.4, -0.2) is 16.6 Å². The highest BCUT2D eigenvalue weighted by Gasteiger charge is 2.22. The van der Waals surface area contributed by atoms with E-state index in [2.05, 4.69) is 16.9 Å². The topological polar surface area (TPSA) is 35.0 Å². The van der Waals surface area contributed by atoms with Gasteiger partial charge < -0.3 is 4.74 Å². The van der Waals surface area contributed by atoms with Crippen LogP contribution in [0.2, 0.25) is 5.15 Å². The molecule has 1 aromatic rings. The monoisotopic (exact) mass is 226 g/mol. The lowest BCUT2D eigenvalue weighted by Gasteiger charge is -2.11. The zero-order valence-electron chi connectivity index (χ0n) is 9.09. The smallest absolute Gasteiger partial charge is 0.159 e. The third kappa shape index (κ3) is 2.13. The lowest BCUT2D eigenvalue weighted by molar-refractivity contribution is 0.105. The van der Waals surface area contributed by atoms with Gasteiger partial charge in [-0.25, -0.2) is 9.97 Å². The molecule has 1 fully saturated rings. The summed E-state index contributed by atoms with van der Waals surface area (Å²) in [7, 11) is 0. The van der Waals surface area contributed by atoms with E-state index in [0.29, 0.717) is 5.15 Å². The molecule has 1 saturated heterocycles.